The van der Waals surface area contributed by atoms with E-state index in [9.17, 15) is 0 Å². The molecule has 2 aliphatic heterocycles. The van der Waals surface area contributed by atoms with Gasteiger partial charge in [-0.2, -0.15) is 0 Å². The zero-order valence-corrected chi connectivity index (χ0v) is 37.6. The number of aromatic nitrogens is 1. The van der Waals surface area contributed by atoms with Gasteiger partial charge in [0.25, 0.3) is 6.71 Å². The van der Waals surface area contributed by atoms with Gasteiger partial charge in [-0.25, -0.2) is 0 Å². The van der Waals surface area contributed by atoms with Crippen molar-refractivity contribution in [1.29, 1.82) is 0 Å². The van der Waals surface area contributed by atoms with E-state index in [1.807, 2.05) is 11.3 Å². The van der Waals surface area contributed by atoms with E-state index in [0.29, 0.717) is 0 Å². The highest BCUT2D eigenvalue weighted by Gasteiger charge is 2.45. The van der Waals surface area contributed by atoms with Crippen molar-refractivity contribution < 1.29 is 0 Å². The van der Waals surface area contributed by atoms with E-state index < -0.39 is 0 Å². The highest BCUT2D eigenvalue weighted by molar-refractivity contribution is 7.34. The van der Waals surface area contributed by atoms with Crippen molar-refractivity contribution in [3.63, 3.8) is 0 Å². The molecule has 0 fully saturated rings. The number of thiophene rings is 1. The Morgan fingerprint density at radius 3 is 1.66 bits per heavy atom. The maximum Gasteiger partial charge on any atom is 0.264 e. The lowest BCUT2D eigenvalue weighted by molar-refractivity contribution is 0.590. The molecule has 0 unspecified atom stereocenters. The van der Waals surface area contributed by atoms with E-state index in [2.05, 4.69) is 228 Å². The first kappa shape index (κ1) is 37.9. The van der Waals surface area contributed by atoms with Gasteiger partial charge in [-0.05, 0) is 117 Å². The van der Waals surface area contributed by atoms with Crippen LogP contribution < -0.4 is 25.5 Å². The first-order valence-electron chi connectivity index (χ1n) is 21.8. The Bertz CT molecular complexity index is 3190. The number of hydrogen-bond acceptors (Lipinski definition) is 3. The van der Waals surface area contributed by atoms with Crippen molar-refractivity contribution in [3.8, 4) is 5.69 Å². The van der Waals surface area contributed by atoms with Gasteiger partial charge in [0.2, 0.25) is 0 Å². The zero-order valence-electron chi connectivity index (χ0n) is 36.8. The Kier molecular flexibility index (Phi) is 8.23. The summed E-state index contributed by atoms with van der Waals surface area (Å²) in [5.74, 6) is 0. The molecule has 61 heavy (non-hydrogen) atoms. The lowest BCUT2D eigenvalue weighted by atomic mass is 9.36. The molecule has 0 amide bonds. The minimum absolute atomic E-state index is 0.0159. The van der Waals surface area contributed by atoms with Gasteiger partial charge in [0, 0.05) is 59.8 Å². The summed E-state index contributed by atoms with van der Waals surface area (Å²) in [6, 6.07) is 57.6. The fraction of sp³-hybridized carbons (Fsp3) is 0.214. The van der Waals surface area contributed by atoms with Crippen LogP contribution in [0.3, 0.4) is 0 Å². The van der Waals surface area contributed by atoms with Crippen LogP contribution in [0.25, 0.3) is 37.6 Å². The number of fused-ring (bicyclic) bond motifs is 10. The maximum absolute atomic E-state index is 2.59. The largest absolute Gasteiger partial charge is 0.311 e. The Morgan fingerprint density at radius 1 is 0.443 bits per heavy atom. The van der Waals surface area contributed by atoms with Gasteiger partial charge in [0.05, 0.1) is 16.7 Å². The molecule has 0 saturated heterocycles. The minimum atomic E-state index is -0.0159. The molecule has 0 bridgehead atoms. The number of nitrogens with zero attached hydrogens (tertiary/aromatic N) is 3. The molecule has 0 spiro atoms. The molecule has 3 nitrogen and oxygen atoms in total. The molecule has 9 aromatic rings. The van der Waals surface area contributed by atoms with Gasteiger partial charge in [0.1, 0.15) is 0 Å². The molecule has 0 radical (unpaired) electrons. The van der Waals surface area contributed by atoms with Crippen LogP contribution >= 0.6 is 11.3 Å². The first-order valence-corrected chi connectivity index (χ1v) is 22.6. The fourth-order valence-corrected chi connectivity index (χ4v) is 11.5. The molecule has 4 heterocycles. The first-order chi connectivity index (χ1) is 29.2. The molecule has 5 heteroatoms. The predicted molar refractivity (Wildman–Crippen MR) is 266 cm³/mol. The molecule has 11 rings (SSSR count). The van der Waals surface area contributed by atoms with E-state index in [1.165, 1.54) is 104 Å². The molecule has 0 N–H and O–H groups in total. The van der Waals surface area contributed by atoms with Crippen molar-refractivity contribution in [2.24, 2.45) is 0 Å². The third-order valence-corrected chi connectivity index (χ3v) is 14.5. The molecule has 2 aromatic heterocycles. The van der Waals surface area contributed by atoms with Gasteiger partial charge >= 0.3 is 0 Å². The lowest BCUT2D eigenvalue weighted by Gasteiger charge is -2.43. The molecule has 0 saturated carbocycles. The zero-order chi connectivity index (χ0) is 42.2. The lowest BCUT2D eigenvalue weighted by Crippen LogP contribution is -2.60. The van der Waals surface area contributed by atoms with Crippen molar-refractivity contribution >= 4 is 99.8 Å². The van der Waals surface area contributed by atoms with Crippen LogP contribution in [-0.4, -0.2) is 11.3 Å². The van der Waals surface area contributed by atoms with Crippen LogP contribution in [0.4, 0.5) is 34.1 Å². The van der Waals surface area contributed by atoms with Crippen molar-refractivity contribution in [3.05, 3.63) is 168 Å². The summed E-state index contributed by atoms with van der Waals surface area (Å²) in [4.78, 5) is 5.13. The van der Waals surface area contributed by atoms with Crippen molar-refractivity contribution in [2.45, 2.75) is 78.6 Å². The van der Waals surface area contributed by atoms with Crippen molar-refractivity contribution in [2.75, 3.05) is 9.80 Å². The Morgan fingerprint density at radius 2 is 1.02 bits per heavy atom. The quantitative estimate of drug-likeness (QED) is 0.165. The van der Waals surface area contributed by atoms with E-state index in [0.717, 1.165) is 0 Å². The number of anilines is 6. The Balaban J connectivity index is 1.25. The standard InChI is InChI=1S/C56H52BN3S/c1-54(2,3)35-22-27-39(28-23-35)59-45-32-26-37(56(7,8)9)34-43(45)57-50-47(59)20-15-21-48(50)60(40-29-24-36(25-30-40)55(4,5)6)51-42-31-33-46-49(52(42)61-53(51)57)41-18-13-14-19-44(41)58(46)38-16-11-10-12-17-38/h10-34H,1-9H3. The van der Waals surface area contributed by atoms with Crippen LogP contribution in [-0.2, 0) is 16.2 Å². The van der Waals surface area contributed by atoms with Crippen LogP contribution in [0.1, 0.15) is 79.0 Å². The smallest absolute Gasteiger partial charge is 0.264 e. The average molecular weight is 810 g/mol. The molecule has 2 aliphatic rings. The van der Waals surface area contributed by atoms with Gasteiger partial charge in [-0.3, -0.25) is 0 Å². The second kappa shape index (κ2) is 13.2. The van der Waals surface area contributed by atoms with Gasteiger partial charge in [-0.15, -0.1) is 11.3 Å². The van der Waals surface area contributed by atoms with E-state index in [1.54, 1.807) is 0 Å². The third kappa shape index (κ3) is 5.77. The highest BCUT2D eigenvalue weighted by atomic mass is 32.1. The molecule has 7 aromatic carbocycles. The second-order valence-corrected chi connectivity index (χ2v) is 21.3. The van der Waals surface area contributed by atoms with E-state index >= 15 is 0 Å². The monoisotopic (exact) mass is 809 g/mol. The van der Waals surface area contributed by atoms with Crippen LogP contribution in [0, 0.1) is 0 Å². The second-order valence-electron chi connectivity index (χ2n) is 20.3. The highest BCUT2D eigenvalue weighted by Crippen LogP contribution is 2.50. The summed E-state index contributed by atoms with van der Waals surface area (Å²) in [7, 11) is 0. The molecule has 300 valence electrons. The average Bonchev–Trinajstić information content (AvgIpc) is 3.79. The summed E-state index contributed by atoms with van der Waals surface area (Å²) in [6.07, 6.45) is 0. The Hall–Kier alpha value is -6.04. The summed E-state index contributed by atoms with van der Waals surface area (Å²) in [6.45, 7) is 20.9. The fourth-order valence-electron chi connectivity index (χ4n) is 10.0. The summed E-state index contributed by atoms with van der Waals surface area (Å²) in [5, 5.41) is 3.91. The number of benzene rings is 7. The van der Waals surface area contributed by atoms with Crippen LogP contribution in [0.15, 0.2) is 152 Å². The number of hydrogen-bond donors (Lipinski definition) is 0. The van der Waals surface area contributed by atoms with Crippen LogP contribution in [0.2, 0.25) is 0 Å². The van der Waals surface area contributed by atoms with Crippen LogP contribution in [0.5, 0.6) is 0 Å². The third-order valence-electron chi connectivity index (χ3n) is 13.3. The normalized spacial score (nSPS) is 13.9. The van der Waals surface area contributed by atoms with E-state index in [4.69, 9.17) is 0 Å². The molecule has 0 aliphatic carbocycles. The predicted octanol–water partition coefficient (Wildman–Crippen LogP) is 14.0. The summed E-state index contributed by atoms with van der Waals surface area (Å²) < 4.78 is 5.19. The topological polar surface area (TPSA) is 11.4 Å². The summed E-state index contributed by atoms with van der Waals surface area (Å²) in [5.41, 5.74) is 17.9. The number of rotatable bonds is 3. The molecular weight excluding hydrogens is 758 g/mol. The summed E-state index contributed by atoms with van der Waals surface area (Å²) >= 11 is 2.00. The maximum atomic E-state index is 2.59. The van der Waals surface area contributed by atoms with Gasteiger partial charge in [0.15, 0.2) is 0 Å². The number of para-hydroxylation sites is 2. The van der Waals surface area contributed by atoms with Gasteiger partial charge < -0.3 is 14.4 Å². The molecular formula is C56H52BN3S. The Labute approximate surface area is 365 Å². The van der Waals surface area contributed by atoms with Gasteiger partial charge in [-0.1, -0.05) is 141 Å². The SMILES string of the molecule is CC(C)(C)c1ccc(N2c3ccc(C(C)(C)C)cc3B3c4sc5c(ccc6c5c5ccccc5n6-c5ccccc5)c4N(c4ccc(C(C)(C)C)cc4)c4cccc2c43)cc1. The van der Waals surface area contributed by atoms with E-state index in [-0.39, 0.29) is 23.0 Å². The minimum Gasteiger partial charge on any atom is -0.311 e. The molecule has 0 atom stereocenters. The van der Waals surface area contributed by atoms with Crippen molar-refractivity contribution in [1.82, 2.24) is 4.57 Å².